The Morgan fingerprint density at radius 3 is 2.67 bits per heavy atom. The van der Waals surface area contributed by atoms with Gasteiger partial charge < -0.3 is 16.0 Å². The standard InChI is InChI=1S/C14H24N4/c1-18(2)12-6-10-16-14(15)17-11-9-13-7-4-3-5-8-13/h3-5,7-8H,6,9-12H2,1-2H3,(H3,15,16,17). The SMILES string of the molecule is CN(C)CCCN=C(N)NCCc1ccccc1. The maximum Gasteiger partial charge on any atom is 0.188 e. The first-order chi connectivity index (χ1) is 8.68. The van der Waals surface area contributed by atoms with Crippen LogP contribution in [0.5, 0.6) is 0 Å². The Morgan fingerprint density at radius 1 is 1.28 bits per heavy atom. The Hall–Kier alpha value is -1.55. The summed E-state index contributed by atoms with van der Waals surface area (Å²) in [5, 5.41) is 3.13. The summed E-state index contributed by atoms with van der Waals surface area (Å²) in [5.41, 5.74) is 7.09. The smallest absolute Gasteiger partial charge is 0.188 e. The van der Waals surface area contributed by atoms with E-state index in [1.807, 2.05) is 18.2 Å². The second kappa shape index (κ2) is 8.53. The summed E-state index contributed by atoms with van der Waals surface area (Å²) < 4.78 is 0. The third-order valence-corrected chi connectivity index (χ3v) is 2.61. The average Bonchev–Trinajstić information content (AvgIpc) is 2.36. The molecular formula is C14H24N4. The van der Waals surface area contributed by atoms with Gasteiger partial charge in [-0.1, -0.05) is 30.3 Å². The Bertz CT molecular complexity index is 346. The van der Waals surface area contributed by atoms with E-state index in [1.54, 1.807) is 0 Å². The average molecular weight is 248 g/mol. The molecule has 4 nitrogen and oxygen atoms in total. The second-order valence-corrected chi connectivity index (χ2v) is 4.59. The van der Waals surface area contributed by atoms with Gasteiger partial charge in [-0.25, -0.2) is 0 Å². The molecule has 3 N–H and O–H groups in total. The zero-order valence-corrected chi connectivity index (χ0v) is 11.4. The molecule has 0 fully saturated rings. The Balaban J connectivity index is 2.13. The van der Waals surface area contributed by atoms with E-state index in [0.717, 1.165) is 32.5 Å². The van der Waals surface area contributed by atoms with Crippen LogP contribution in [0.2, 0.25) is 0 Å². The second-order valence-electron chi connectivity index (χ2n) is 4.59. The number of hydrogen-bond acceptors (Lipinski definition) is 2. The van der Waals surface area contributed by atoms with E-state index in [9.17, 15) is 0 Å². The predicted octanol–water partition coefficient (Wildman–Crippen LogP) is 1.09. The summed E-state index contributed by atoms with van der Waals surface area (Å²) in [7, 11) is 4.12. The third kappa shape index (κ3) is 6.91. The van der Waals surface area contributed by atoms with E-state index in [-0.39, 0.29) is 0 Å². The van der Waals surface area contributed by atoms with Gasteiger partial charge in [-0.2, -0.15) is 0 Å². The molecule has 0 aliphatic carbocycles. The number of benzene rings is 1. The molecule has 0 unspecified atom stereocenters. The van der Waals surface area contributed by atoms with Gasteiger partial charge in [0, 0.05) is 13.1 Å². The van der Waals surface area contributed by atoms with Gasteiger partial charge in [0.1, 0.15) is 0 Å². The Morgan fingerprint density at radius 2 is 2.00 bits per heavy atom. The topological polar surface area (TPSA) is 53.6 Å². The minimum absolute atomic E-state index is 0.546. The summed E-state index contributed by atoms with van der Waals surface area (Å²) in [5.74, 6) is 0.546. The molecule has 1 rings (SSSR count). The van der Waals surface area contributed by atoms with Crippen molar-refractivity contribution >= 4 is 5.96 Å². The number of hydrogen-bond donors (Lipinski definition) is 2. The molecule has 100 valence electrons. The highest BCUT2D eigenvalue weighted by Gasteiger charge is 1.94. The quantitative estimate of drug-likeness (QED) is 0.431. The Kier molecular flexibility index (Phi) is 6.87. The van der Waals surface area contributed by atoms with Crippen LogP contribution in [0.15, 0.2) is 35.3 Å². The fraction of sp³-hybridized carbons (Fsp3) is 0.500. The zero-order valence-electron chi connectivity index (χ0n) is 11.4. The molecule has 1 aromatic carbocycles. The first-order valence-electron chi connectivity index (χ1n) is 6.41. The van der Waals surface area contributed by atoms with Gasteiger partial charge in [-0.15, -0.1) is 0 Å². The van der Waals surface area contributed by atoms with Gasteiger partial charge in [0.15, 0.2) is 5.96 Å². The number of nitrogens with zero attached hydrogens (tertiary/aromatic N) is 2. The van der Waals surface area contributed by atoms with E-state index >= 15 is 0 Å². The summed E-state index contributed by atoms with van der Waals surface area (Å²) in [6.45, 7) is 2.65. The molecule has 4 heteroatoms. The minimum atomic E-state index is 0.546. The summed E-state index contributed by atoms with van der Waals surface area (Å²) in [4.78, 5) is 6.43. The summed E-state index contributed by atoms with van der Waals surface area (Å²) in [6.07, 6.45) is 2.00. The first-order valence-corrected chi connectivity index (χ1v) is 6.41. The highest BCUT2D eigenvalue weighted by Crippen LogP contribution is 1.97. The van der Waals surface area contributed by atoms with Gasteiger partial charge >= 0.3 is 0 Å². The van der Waals surface area contributed by atoms with Crippen LogP contribution in [0, 0.1) is 0 Å². The van der Waals surface area contributed by atoms with Crippen molar-refractivity contribution in [1.29, 1.82) is 0 Å². The molecule has 0 bridgehead atoms. The molecule has 0 aliphatic heterocycles. The van der Waals surface area contributed by atoms with Crippen LogP contribution in [0.4, 0.5) is 0 Å². The third-order valence-electron chi connectivity index (χ3n) is 2.61. The summed E-state index contributed by atoms with van der Waals surface area (Å²) in [6, 6.07) is 10.4. The number of nitrogens with two attached hydrogens (primary N) is 1. The van der Waals surface area contributed by atoms with Crippen molar-refractivity contribution in [3.63, 3.8) is 0 Å². The van der Waals surface area contributed by atoms with E-state index in [1.165, 1.54) is 5.56 Å². The van der Waals surface area contributed by atoms with Crippen LogP contribution in [-0.2, 0) is 6.42 Å². The van der Waals surface area contributed by atoms with Crippen LogP contribution < -0.4 is 11.1 Å². The lowest BCUT2D eigenvalue weighted by molar-refractivity contribution is 0.403. The Labute approximate surface area is 110 Å². The van der Waals surface area contributed by atoms with Crippen molar-refractivity contribution < 1.29 is 0 Å². The molecule has 0 radical (unpaired) electrons. The minimum Gasteiger partial charge on any atom is -0.370 e. The maximum absolute atomic E-state index is 5.78. The molecule has 0 spiro atoms. The molecule has 0 atom stereocenters. The van der Waals surface area contributed by atoms with Crippen molar-refractivity contribution in [2.24, 2.45) is 10.7 Å². The molecule has 1 aromatic rings. The maximum atomic E-state index is 5.78. The molecular weight excluding hydrogens is 224 g/mol. The molecule has 0 amide bonds. The molecule has 0 aromatic heterocycles. The normalized spacial score (nSPS) is 11.8. The van der Waals surface area contributed by atoms with Gasteiger partial charge in [0.05, 0.1) is 0 Å². The molecule has 18 heavy (non-hydrogen) atoms. The van der Waals surface area contributed by atoms with Crippen molar-refractivity contribution in [2.45, 2.75) is 12.8 Å². The van der Waals surface area contributed by atoms with Crippen LogP contribution >= 0.6 is 0 Å². The van der Waals surface area contributed by atoms with Crippen LogP contribution in [0.1, 0.15) is 12.0 Å². The fourth-order valence-corrected chi connectivity index (χ4v) is 1.62. The molecule has 0 aliphatic rings. The van der Waals surface area contributed by atoms with E-state index in [0.29, 0.717) is 5.96 Å². The van der Waals surface area contributed by atoms with Crippen molar-refractivity contribution in [3.8, 4) is 0 Å². The zero-order chi connectivity index (χ0) is 13.2. The van der Waals surface area contributed by atoms with Gasteiger partial charge in [0.25, 0.3) is 0 Å². The molecule has 0 saturated heterocycles. The predicted molar refractivity (Wildman–Crippen MR) is 77.8 cm³/mol. The largest absolute Gasteiger partial charge is 0.370 e. The van der Waals surface area contributed by atoms with Gasteiger partial charge in [-0.3, -0.25) is 4.99 Å². The van der Waals surface area contributed by atoms with Crippen LogP contribution in [-0.4, -0.2) is 44.6 Å². The lowest BCUT2D eigenvalue weighted by Crippen LogP contribution is -2.33. The monoisotopic (exact) mass is 248 g/mol. The van der Waals surface area contributed by atoms with Crippen LogP contribution in [0.3, 0.4) is 0 Å². The first kappa shape index (κ1) is 14.5. The number of nitrogens with one attached hydrogen (secondary N) is 1. The number of guanidine groups is 1. The van der Waals surface area contributed by atoms with E-state index < -0.39 is 0 Å². The number of aliphatic imine (C=N–C) groups is 1. The molecule has 0 heterocycles. The lowest BCUT2D eigenvalue weighted by atomic mass is 10.1. The van der Waals surface area contributed by atoms with Crippen molar-refractivity contribution in [2.75, 3.05) is 33.7 Å². The van der Waals surface area contributed by atoms with Crippen molar-refractivity contribution in [1.82, 2.24) is 10.2 Å². The van der Waals surface area contributed by atoms with Gasteiger partial charge in [0.2, 0.25) is 0 Å². The molecule has 0 saturated carbocycles. The lowest BCUT2D eigenvalue weighted by Gasteiger charge is -2.08. The highest BCUT2D eigenvalue weighted by atomic mass is 15.1. The summed E-state index contributed by atoms with van der Waals surface area (Å²) >= 11 is 0. The highest BCUT2D eigenvalue weighted by molar-refractivity contribution is 5.77. The van der Waals surface area contributed by atoms with Gasteiger partial charge in [-0.05, 0) is 39.0 Å². The van der Waals surface area contributed by atoms with E-state index in [2.05, 4.69) is 41.4 Å². The van der Waals surface area contributed by atoms with Crippen molar-refractivity contribution in [3.05, 3.63) is 35.9 Å². The fourth-order valence-electron chi connectivity index (χ4n) is 1.62. The van der Waals surface area contributed by atoms with Crippen LogP contribution in [0.25, 0.3) is 0 Å². The number of rotatable bonds is 7. The van der Waals surface area contributed by atoms with E-state index in [4.69, 9.17) is 5.73 Å².